The number of nitrogens with one attached hydrogen (secondary N) is 4. The van der Waals surface area contributed by atoms with Crippen LogP contribution in [0.1, 0.15) is 27.8 Å². The molecule has 0 bridgehead atoms. The van der Waals surface area contributed by atoms with Crippen molar-refractivity contribution >= 4 is 49.9 Å². The summed E-state index contributed by atoms with van der Waals surface area (Å²) in [6.45, 7) is 1.31. The molecule has 172 valence electrons. The zero-order valence-corrected chi connectivity index (χ0v) is 19.0. The lowest BCUT2D eigenvalue weighted by Crippen LogP contribution is -2.41. The van der Waals surface area contributed by atoms with Crippen LogP contribution in [0.15, 0.2) is 58.8 Å². The zero-order valence-electron chi connectivity index (χ0n) is 17.4. The van der Waals surface area contributed by atoms with Crippen LogP contribution in [0.2, 0.25) is 0 Å². The number of aromatic nitrogens is 1. The molecule has 3 rings (SSSR count). The lowest BCUT2D eigenvalue weighted by Gasteiger charge is -2.12. The normalized spacial score (nSPS) is 10.7. The summed E-state index contributed by atoms with van der Waals surface area (Å²) in [5, 5.41) is 4.09. The first-order valence-corrected chi connectivity index (χ1v) is 11.7. The SMILES string of the molecule is COc1ccccc1NS(=O)(=O)c1cccc(C(=O)NNC(=O)c2csc(NC(C)=O)n2)c1. The van der Waals surface area contributed by atoms with Gasteiger partial charge in [0.2, 0.25) is 5.91 Å². The van der Waals surface area contributed by atoms with E-state index < -0.39 is 21.8 Å². The first kappa shape index (κ1) is 23.7. The number of benzene rings is 2. The predicted molar refractivity (Wildman–Crippen MR) is 122 cm³/mol. The number of ether oxygens (including phenoxy) is 1. The standard InChI is InChI=1S/C20H19N5O6S2/c1-12(26)21-20-22-16(11-32-20)19(28)24-23-18(27)13-6-5-7-14(10-13)33(29,30)25-15-8-3-4-9-17(15)31-2/h3-11,25H,1-2H3,(H,23,27)(H,24,28)(H,21,22,26). The average Bonchev–Trinajstić information content (AvgIpc) is 3.25. The molecular formula is C20H19N5O6S2. The highest BCUT2D eigenvalue weighted by molar-refractivity contribution is 7.92. The van der Waals surface area contributed by atoms with Crippen molar-refractivity contribution in [2.24, 2.45) is 0 Å². The Bertz CT molecular complexity index is 1310. The minimum atomic E-state index is -4.02. The van der Waals surface area contributed by atoms with E-state index in [0.717, 1.165) is 17.4 Å². The molecule has 13 heteroatoms. The molecule has 3 amide bonds. The second kappa shape index (κ2) is 10.1. The average molecular weight is 490 g/mol. The molecule has 0 aliphatic carbocycles. The number of thiazole rings is 1. The summed E-state index contributed by atoms with van der Waals surface area (Å²) in [6, 6.07) is 11.8. The molecule has 0 saturated carbocycles. The number of hydrazine groups is 1. The number of anilines is 2. The summed E-state index contributed by atoms with van der Waals surface area (Å²) >= 11 is 1.05. The quantitative estimate of drug-likeness (QED) is 0.370. The van der Waals surface area contributed by atoms with E-state index in [1.807, 2.05) is 0 Å². The largest absolute Gasteiger partial charge is 0.495 e. The molecule has 0 fully saturated rings. The highest BCUT2D eigenvalue weighted by Gasteiger charge is 2.19. The molecule has 1 heterocycles. The van der Waals surface area contributed by atoms with Crippen molar-refractivity contribution in [3.8, 4) is 5.75 Å². The summed E-state index contributed by atoms with van der Waals surface area (Å²) in [5.41, 5.74) is 4.61. The van der Waals surface area contributed by atoms with Crippen LogP contribution >= 0.6 is 11.3 Å². The topological polar surface area (TPSA) is 156 Å². The third-order valence-corrected chi connectivity index (χ3v) is 6.19. The minimum absolute atomic E-state index is 0.00425. The van der Waals surface area contributed by atoms with Gasteiger partial charge >= 0.3 is 0 Å². The van der Waals surface area contributed by atoms with Crippen molar-refractivity contribution in [2.75, 3.05) is 17.1 Å². The summed E-state index contributed by atoms with van der Waals surface area (Å²) in [5.74, 6) is -1.45. The van der Waals surface area contributed by atoms with Crippen LogP contribution in [0.5, 0.6) is 5.75 Å². The summed E-state index contributed by atoms with van der Waals surface area (Å²) in [7, 11) is -2.61. The second-order valence-electron chi connectivity index (χ2n) is 6.46. The molecule has 11 nitrogen and oxygen atoms in total. The Morgan fingerprint density at radius 3 is 2.45 bits per heavy atom. The molecule has 0 spiro atoms. The van der Waals surface area contributed by atoms with E-state index in [4.69, 9.17) is 4.74 Å². The van der Waals surface area contributed by atoms with Crippen LogP contribution in [-0.2, 0) is 14.8 Å². The van der Waals surface area contributed by atoms with E-state index in [1.165, 1.54) is 43.7 Å². The minimum Gasteiger partial charge on any atom is -0.495 e. The highest BCUT2D eigenvalue weighted by Crippen LogP contribution is 2.26. The van der Waals surface area contributed by atoms with Crippen molar-refractivity contribution in [1.29, 1.82) is 0 Å². The molecule has 4 N–H and O–H groups in total. The fourth-order valence-electron chi connectivity index (χ4n) is 2.57. The van der Waals surface area contributed by atoms with Gasteiger partial charge in [-0.25, -0.2) is 13.4 Å². The first-order chi connectivity index (χ1) is 15.7. The number of sulfonamides is 1. The Kier molecular flexibility index (Phi) is 7.25. The number of hydrogen-bond acceptors (Lipinski definition) is 8. The third-order valence-electron chi connectivity index (χ3n) is 4.07. The molecule has 0 radical (unpaired) electrons. The number of carbonyl (C=O) groups is 3. The third kappa shape index (κ3) is 6.05. The number of nitrogens with zero attached hydrogens (tertiary/aromatic N) is 1. The van der Waals surface area contributed by atoms with Gasteiger partial charge in [-0.3, -0.25) is 30.0 Å². The summed E-state index contributed by atoms with van der Waals surface area (Å²) in [4.78, 5) is 39.4. The van der Waals surface area contributed by atoms with Gasteiger partial charge in [0.1, 0.15) is 11.4 Å². The Morgan fingerprint density at radius 1 is 1.00 bits per heavy atom. The van der Waals surface area contributed by atoms with Gasteiger partial charge in [-0.1, -0.05) is 18.2 Å². The lowest BCUT2D eigenvalue weighted by atomic mass is 10.2. The number of carbonyl (C=O) groups excluding carboxylic acids is 3. The molecule has 3 aromatic rings. The van der Waals surface area contributed by atoms with Gasteiger partial charge in [-0.2, -0.15) is 0 Å². The van der Waals surface area contributed by atoms with Crippen LogP contribution in [0.3, 0.4) is 0 Å². The Morgan fingerprint density at radius 2 is 1.73 bits per heavy atom. The number of hydrogen-bond donors (Lipinski definition) is 4. The van der Waals surface area contributed by atoms with Gasteiger partial charge in [0, 0.05) is 17.9 Å². The van der Waals surface area contributed by atoms with Crippen molar-refractivity contribution in [3.63, 3.8) is 0 Å². The fourth-order valence-corrected chi connectivity index (χ4v) is 4.43. The Balaban J connectivity index is 1.68. The maximum atomic E-state index is 12.8. The smallest absolute Gasteiger partial charge is 0.289 e. The van der Waals surface area contributed by atoms with Crippen LogP contribution in [-0.4, -0.2) is 38.2 Å². The maximum Gasteiger partial charge on any atom is 0.289 e. The molecule has 0 atom stereocenters. The van der Waals surface area contributed by atoms with Gasteiger partial charge in [-0.05, 0) is 30.3 Å². The first-order valence-electron chi connectivity index (χ1n) is 9.29. The van der Waals surface area contributed by atoms with Crippen molar-refractivity contribution in [2.45, 2.75) is 11.8 Å². The molecule has 0 saturated heterocycles. The molecular weight excluding hydrogens is 470 g/mol. The van der Waals surface area contributed by atoms with E-state index in [2.05, 4.69) is 25.9 Å². The Labute approximate surface area is 193 Å². The van der Waals surface area contributed by atoms with E-state index >= 15 is 0 Å². The maximum absolute atomic E-state index is 12.8. The monoisotopic (exact) mass is 489 g/mol. The van der Waals surface area contributed by atoms with Crippen molar-refractivity contribution in [3.05, 3.63) is 65.2 Å². The van der Waals surface area contributed by atoms with Gasteiger partial charge in [0.15, 0.2) is 5.13 Å². The van der Waals surface area contributed by atoms with E-state index in [9.17, 15) is 22.8 Å². The van der Waals surface area contributed by atoms with Gasteiger partial charge < -0.3 is 10.1 Å². The number of rotatable bonds is 7. The molecule has 1 aromatic heterocycles. The Hall–Kier alpha value is -3.97. The van der Waals surface area contributed by atoms with Crippen LogP contribution in [0.25, 0.3) is 0 Å². The molecule has 2 aromatic carbocycles. The van der Waals surface area contributed by atoms with E-state index in [-0.39, 0.29) is 32.9 Å². The molecule has 0 aliphatic rings. The van der Waals surface area contributed by atoms with Gasteiger partial charge in [-0.15, -0.1) is 11.3 Å². The number of para-hydroxylation sites is 2. The van der Waals surface area contributed by atoms with Gasteiger partial charge in [0.05, 0.1) is 17.7 Å². The lowest BCUT2D eigenvalue weighted by molar-refractivity contribution is -0.114. The van der Waals surface area contributed by atoms with E-state index in [0.29, 0.717) is 5.75 Å². The molecule has 0 unspecified atom stereocenters. The molecule has 33 heavy (non-hydrogen) atoms. The van der Waals surface area contributed by atoms with Gasteiger partial charge in [0.25, 0.3) is 21.8 Å². The number of amides is 3. The fraction of sp³-hybridized carbons (Fsp3) is 0.100. The predicted octanol–water partition coefficient (Wildman–Crippen LogP) is 1.99. The summed E-state index contributed by atoms with van der Waals surface area (Å²) < 4.78 is 33.1. The molecule has 0 aliphatic heterocycles. The van der Waals surface area contributed by atoms with Crippen LogP contribution in [0.4, 0.5) is 10.8 Å². The summed E-state index contributed by atoms with van der Waals surface area (Å²) in [6.07, 6.45) is 0. The highest BCUT2D eigenvalue weighted by atomic mass is 32.2. The van der Waals surface area contributed by atoms with E-state index in [1.54, 1.807) is 18.2 Å². The van der Waals surface area contributed by atoms with Crippen LogP contribution < -0.4 is 25.6 Å². The van der Waals surface area contributed by atoms with Crippen LogP contribution in [0, 0.1) is 0 Å². The zero-order chi connectivity index (χ0) is 24.0. The second-order valence-corrected chi connectivity index (χ2v) is 9.00. The van der Waals surface area contributed by atoms with Crippen molar-refractivity contribution in [1.82, 2.24) is 15.8 Å². The number of methoxy groups -OCH3 is 1. The van der Waals surface area contributed by atoms with Crippen molar-refractivity contribution < 1.29 is 27.5 Å².